The minimum absolute atomic E-state index is 0.130. The van der Waals surface area contributed by atoms with Gasteiger partial charge < -0.3 is 29.3 Å². The minimum atomic E-state index is -0.439. The van der Waals surface area contributed by atoms with Crippen LogP contribution in [0, 0.1) is 10.1 Å². The van der Waals surface area contributed by atoms with E-state index in [2.05, 4.69) is 20.2 Å². The second-order valence-electron chi connectivity index (χ2n) is 6.83. The normalized spacial score (nSPS) is 14.3. The summed E-state index contributed by atoms with van der Waals surface area (Å²) >= 11 is 0. The molecule has 0 atom stereocenters. The fraction of sp³-hybridized carbons (Fsp3) is 0.474. The summed E-state index contributed by atoms with van der Waals surface area (Å²) in [4.78, 5) is 23.8. The van der Waals surface area contributed by atoms with E-state index < -0.39 is 4.92 Å². The first-order valence-electron chi connectivity index (χ1n) is 9.44. The van der Waals surface area contributed by atoms with Crippen LogP contribution in [0.5, 0.6) is 17.2 Å². The number of hydrogen-bond acceptors (Lipinski definition) is 10. The van der Waals surface area contributed by atoms with Crippen LogP contribution in [0.2, 0.25) is 0 Å². The van der Waals surface area contributed by atoms with Crippen LogP contribution in [0.3, 0.4) is 0 Å². The Hall–Kier alpha value is -3.34. The lowest BCUT2D eigenvalue weighted by Gasteiger charge is -2.32. The molecule has 11 heteroatoms. The van der Waals surface area contributed by atoms with Crippen molar-refractivity contribution in [2.45, 2.75) is 6.54 Å². The zero-order chi connectivity index (χ0) is 21.7. The number of ether oxygens (including phenoxy) is 3. The number of hydrogen-bond donors (Lipinski definition) is 1. The predicted octanol–water partition coefficient (Wildman–Crippen LogP) is 1.77. The van der Waals surface area contributed by atoms with E-state index >= 15 is 0 Å². The van der Waals surface area contributed by atoms with Crippen LogP contribution in [-0.2, 0) is 6.54 Å². The number of likely N-dealkylation sites (N-methyl/N-ethyl adjacent to an activating group) is 1. The fourth-order valence-electron chi connectivity index (χ4n) is 3.34. The molecular weight excluding hydrogens is 392 g/mol. The number of benzene rings is 1. The highest BCUT2D eigenvalue weighted by atomic mass is 16.6. The van der Waals surface area contributed by atoms with E-state index in [4.69, 9.17) is 14.2 Å². The molecule has 1 saturated heterocycles. The van der Waals surface area contributed by atoms with Gasteiger partial charge in [-0.15, -0.1) is 0 Å². The van der Waals surface area contributed by atoms with Gasteiger partial charge in [-0.3, -0.25) is 10.1 Å². The van der Waals surface area contributed by atoms with E-state index in [9.17, 15) is 10.1 Å². The van der Waals surface area contributed by atoms with Crippen molar-refractivity contribution in [3.63, 3.8) is 0 Å². The first-order chi connectivity index (χ1) is 14.5. The highest BCUT2D eigenvalue weighted by Crippen LogP contribution is 2.39. The van der Waals surface area contributed by atoms with Gasteiger partial charge in [0.1, 0.15) is 6.33 Å². The lowest BCUT2D eigenvalue weighted by Crippen LogP contribution is -2.45. The van der Waals surface area contributed by atoms with Gasteiger partial charge in [-0.2, -0.15) is 0 Å². The van der Waals surface area contributed by atoms with Gasteiger partial charge in [-0.1, -0.05) is 0 Å². The number of methoxy groups -OCH3 is 3. The van der Waals surface area contributed by atoms with Gasteiger partial charge in [-0.05, 0) is 24.7 Å². The molecule has 0 bridgehead atoms. The largest absolute Gasteiger partial charge is 0.493 e. The Bertz CT molecular complexity index is 876. The van der Waals surface area contributed by atoms with Gasteiger partial charge in [0.25, 0.3) is 0 Å². The summed E-state index contributed by atoms with van der Waals surface area (Å²) in [7, 11) is 6.62. The molecule has 0 spiro atoms. The average Bonchev–Trinajstić information content (AvgIpc) is 2.76. The number of anilines is 2. The molecule has 0 unspecified atom stereocenters. The van der Waals surface area contributed by atoms with Crippen LogP contribution >= 0.6 is 0 Å². The third-order valence-corrected chi connectivity index (χ3v) is 4.97. The Kier molecular flexibility index (Phi) is 6.72. The van der Waals surface area contributed by atoms with E-state index in [1.54, 1.807) is 12.1 Å². The monoisotopic (exact) mass is 418 g/mol. The summed E-state index contributed by atoms with van der Waals surface area (Å²) in [6, 6.07) is 3.56. The number of piperazine rings is 1. The Morgan fingerprint density at radius 1 is 1.07 bits per heavy atom. The van der Waals surface area contributed by atoms with Crippen molar-refractivity contribution in [2.24, 2.45) is 0 Å². The molecule has 3 rings (SSSR count). The second-order valence-corrected chi connectivity index (χ2v) is 6.83. The van der Waals surface area contributed by atoms with Gasteiger partial charge in [-0.25, -0.2) is 9.97 Å². The van der Waals surface area contributed by atoms with Gasteiger partial charge in [0, 0.05) is 32.7 Å². The molecule has 0 radical (unpaired) electrons. The highest BCUT2D eigenvalue weighted by Gasteiger charge is 2.28. The maximum Gasteiger partial charge on any atom is 0.353 e. The highest BCUT2D eigenvalue weighted by molar-refractivity contribution is 5.70. The van der Waals surface area contributed by atoms with E-state index in [-0.39, 0.29) is 18.1 Å². The predicted molar refractivity (Wildman–Crippen MR) is 112 cm³/mol. The maximum atomic E-state index is 11.8. The Balaban J connectivity index is 1.87. The Morgan fingerprint density at radius 3 is 2.23 bits per heavy atom. The molecule has 1 aliphatic heterocycles. The molecule has 2 aromatic rings. The summed E-state index contributed by atoms with van der Waals surface area (Å²) in [5.74, 6) is 1.98. The Morgan fingerprint density at radius 2 is 1.70 bits per heavy atom. The van der Waals surface area contributed by atoms with Crippen molar-refractivity contribution in [1.29, 1.82) is 0 Å². The number of nitrogens with one attached hydrogen (secondary N) is 1. The summed E-state index contributed by atoms with van der Waals surface area (Å²) < 4.78 is 16.1. The van der Waals surface area contributed by atoms with E-state index in [0.717, 1.165) is 18.7 Å². The number of aromatic nitrogens is 2. The molecule has 1 aliphatic rings. The lowest BCUT2D eigenvalue weighted by molar-refractivity contribution is -0.383. The summed E-state index contributed by atoms with van der Waals surface area (Å²) in [6.45, 7) is 3.24. The zero-order valence-electron chi connectivity index (χ0n) is 17.5. The van der Waals surface area contributed by atoms with Gasteiger partial charge in [0.2, 0.25) is 17.4 Å². The molecule has 0 saturated carbocycles. The van der Waals surface area contributed by atoms with Crippen LogP contribution in [0.15, 0.2) is 18.5 Å². The smallest absolute Gasteiger partial charge is 0.353 e. The summed E-state index contributed by atoms with van der Waals surface area (Å²) in [6.07, 6.45) is 1.35. The molecule has 0 amide bonds. The topological polar surface area (TPSA) is 115 Å². The minimum Gasteiger partial charge on any atom is -0.493 e. The van der Waals surface area contributed by atoms with Crippen LogP contribution in [0.1, 0.15) is 5.56 Å². The molecule has 11 nitrogen and oxygen atoms in total. The fourth-order valence-corrected chi connectivity index (χ4v) is 3.34. The molecule has 30 heavy (non-hydrogen) atoms. The molecule has 1 aromatic heterocycles. The third-order valence-electron chi connectivity index (χ3n) is 4.97. The molecular formula is C19H26N6O5. The van der Waals surface area contributed by atoms with Crippen molar-refractivity contribution in [3.8, 4) is 17.2 Å². The quantitative estimate of drug-likeness (QED) is 0.502. The van der Waals surface area contributed by atoms with Gasteiger partial charge >= 0.3 is 5.69 Å². The first-order valence-corrected chi connectivity index (χ1v) is 9.44. The molecule has 2 heterocycles. The van der Waals surface area contributed by atoms with E-state index in [0.29, 0.717) is 36.2 Å². The van der Waals surface area contributed by atoms with Gasteiger partial charge in [0.05, 0.1) is 26.3 Å². The van der Waals surface area contributed by atoms with Crippen molar-refractivity contribution in [2.75, 3.05) is 64.8 Å². The average molecular weight is 418 g/mol. The van der Waals surface area contributed by atoms with Crippen LogP contribution in [-0.4, -0.2) is 74.3 Å². The van der Waals surface area contributed by atoms with Crippen molar-refractivity contribution < 1.29 is 19.1 Å². The summed E-state index contributed by atoms with van der Waals surface area (Å²) in [5, 5.41) is 14.9. The number of nitrogens with zero attached hydrogens (tertiary/aromatic N) is 5. The Labute approximate surface area is 174 Å². The molecule has 0 aliphatic carbocycles. The van der Waals surface area contributed by atoms with Crippen molar-refractivity contribution in [1.82, 2.24) is 14.9 Å². The SMILES string of the molecule is COc1cc(CNc2ncnc(N3CCN(C)CC3)c2[N+](=O)[O-])cc(OC)c1OC. The third kappa shape index (κ3) is 4.46. The molecule has 162 valence electrons. The number of rotatable bonds is 8. The molecule has 1 fully saturated rings. The lowest BCUT2D eigenvalue weighted by atomic mass is 10.1. The van der Waals surface area contributed by atoms with Crippen LogP contribution in [0.25, 0.3) is 0 Å². The van der Waals surface area contributed by atoms with E-state index in [1.807, 2.05) is 11.9 Å². The molecule has 1 aromatic carbocycles. The summed E-state index contributed by atoms with van der Waals surface area (Å²) in [5.41, 5.74) is 0.660. The van der Waals surface area contributed by atoms with Crippen molar-refractivity contribution >= 4 is 17.3 Å². The maximum absolute atomic E-state index is 11.8. The van der Waals surface area contributed by atoms with E-state index in [1.165, 1.54) is 27.7 Å². The first kappa shape index (κ1) is 21.4. The van der Waals surface area contributed by atoms with Gasteiger partial charge in [0.15, 0.2) is 11.5 Å². The zero-order valence-corrected chi connectivity index (χ0v) is 17.5. The van der Waals surface area contributed by atoms with Crippen molar-refractivity contribution in [3.05, 3.63) is 34.1 Å². The molecule has 1 N–H and O–H groups in total. The van der Waals surface area contributed by atoms with Crippen LogP contribution < -0.4 is 24.4 Å². The van der Waals surface area contributed by atoms with Crippen LogP contribution in [0.4, 0.5) is 17.3 Å². The standard InChI is InChI=1S/C19H26N6O5/c1-23-5-7-24(8-6-23)19-16(25(26)27)18(21-12-22-19)20-11-13-9-14(28-2)17(30-4)15(10-13)29-3/h9-10,12H,5-8,11H2,1-4H3,(H,20,21,22). The number of nitro groups is 1. The second kappa shape index (κ2) is 9.44.